The summed E-state index contributed by atoms with van der Waals surface area (Å²) in [5.74, 6) is -0.468. The van der Waals surface area contributed by atoms with Crippen LogP contribution in [0.5, 0.6) is 0 Å². The minimum Gasteiger partial charge on any atom is -0.454 e. The Morgan fingerprint density at radius 3 is 1.67 bits per heavy atom. The molecule has 3 aromatic rings. The third-order valence-corrected chi connectivity index (χ3v) is 6.43. The summed E-state index contributed by atoms with van der Waals surface area (Å²) < 4.78 is 30.6. The van der Waals surface area contributed by atoms with Gasteiger partial charge in [-0.05, 0) is 37.5 Å². The highest BCUT2D eigenvalue weighted by Gasteiger charge is 2.50. The first kappa shape index (κ1) is 28.9. The van der Waals surface area contributed by atoms with Gasteiger partial charge in [0.05, 0.1) is 31.8 Å². The Morgan fingerprint density at radius 1 is 0.718 bits per heavy atom. The Balaban J connectivity index is 1.57. The van der Waals surface area contributed by atoms with Crippen molar-refractivity contribution in [1.82, 2.24) is 0 Å². The van der Waals surface area contributed by atoms with E-state index in [4.69, 9.17) is 23.7 Å². The van der Waals surface area contributed by atoms with E-state index in [2.05, 4.69) is 0 Å². The molecule has 208 valence electrons. The number of aliphatic hydroxyl groups is 1. The highest BCUT2D eigenvalue weighted by atomic mass is 16.7. The zero-order valence-corrected chi connectivity index (χ0v) is 22.8. The predicted molar refractivity (Wildman–Crippen MR) is 146 cm³/mol. The van der Waals surface area contributed by atoms with Gasteiger partial charge in [0.2, 0.25) is 0 Å². The maximum absolute atomic E-state index is 12.9. The molecule has 0 aromatic heterocycles. The molecule has 1 unspecified atom stereocenters. The van der Waals surface area contributed by atoms with E-state index in [1.807, 2.05) is 91.0 Å². The van der Waals surface area contributed by atoms with Gasteiger partial charge < -0.3 is 28.8 Å². The maximum Gasteiger partial charge on any atom is 0.311 e. The molecule has 1 heterocycles. The van der Waals surface area contributed by atoms with Crippen molar-refractivity contribution in [2.24, 2.45) is 5.41 Å². The normalized spacial score (nSPS) is 23.3. The molecule has 1 N–H and O–H groups in total. The number of benzene rings is 3. The highest BCUT2D eigenvalue weighted by molar-refractivity contribution is 5.75. The number of hydrogen-bond donors (Lipinski definition) is 1. The van der Waals surface area contributed by atoms with E-state index in [0.29, 0.717) is 6.61 Å². The summed E-state index contributed by atoms with van der Waals surface area (Å²) in [5.41, 5.74) is 2.15. The van der Waals surface area contributed by atoms with E-state index in [9.17, 15) is 9.90 Å². The fourth-order valence-corrected chi connectivity index (χ4v) is 4.25. The zero-order chi connectivity index (χ0) is 27.7. The topological polar surface area (TPSA) is 83.5 Å². The number of hydrogen-bond acceptors (Lipinski definition) is 7. The van der Waals surface area contributed by atoms with Gasteiger partial charge in [-0.3, -0.25) is 4.79 Å². The number of carbonyl (C=O) groups excluding carboxylic acids is 1. The van der Waals surface area contributed by atoms with Crippen LogP contribution in [0.25, 0.3) is 0 Å². The third-order valence-electron chi connectivity index (χ3n) is 6.43. The second-order valence-corrected chi connectivity index (χ2v) is 10.7. The first-order chi connectivity index (χ1) is 18.8. The Bertz CT molecular complexity index is 1130. The number of aliphatic hydroxyl groups excluding tert-OH is 1. The first-order valence-electron chi connectivity index (χ1n) is 13.3. The molecule has 39 heavy (non-hydrogen) atoms. The van der Waals surface area contributed by atoms with E-state index < -0.39 is 42.1 Å². The van der Waals surface area contributed by atoms with Crippen molar-refractivity contribution >= 4 is 5.97 Å². The summed E-state index contributed by atoms with van der Waals surface area (Å²) in [6, 6.07) is 29.3. The van der Waals surface area contributed by atoms with Gasteiger partial charge in [-0.15, -0.1) is 0 Å². The van der Waals surface area contributed by atoms with Gasteiger partial charge in [-0.25, -0.2) is 0 Å². The van der Waals surface area contributed by atoms with Gasteiger partial charge in [0, 0.05) is 0 Å². The molecule has 0 bridgehead atoms. The summed E-state index contributed by atoms with van der Waals surface area (Å²) in [6.45, 7) is 6.32. The molecule has 0 spiro atoms. The van der Waals surface area contributed by atoms with E-state index in [0.717, 1.165) is 16.7 Å². The minimum atomic E-state index is -1.42. The van der Waals surface area contributed by atoms with Crippen molar-refractivity contribution in [2.75, 3.05) is 6.61 Å². The van der Waals surface area contributed by atoms with Crippen LogP contribution in [0.15, 0.2) is 91.0 Å². The van der Waals surface area contributed by atoms with Crippen LogP contribution in [-0.4, -0.2) is 48.4 Å². The van der Waals surface area contributed by atoms with E-state index >= 15 is 0 Å². The molecule has 1 fully saturated rings. The van der Waals surface area contributed by atoms with Crippen molar-refractivity contribution in [2.45, 2.75) is 71.3 Å². The van der Waals surface area contributed by atoms with Crippen molar-refractivity contribution in [3.05, 3.63) is 108 Å². The second kappa shape index (κ2) is 13.8. The van der Waals surface area contributed by atoms with Crippen LogP contribution >= 0.6 is 0 Å². The number of esters is 1. The van der Waals surface area contributed by atoms with Crippen LogP contribution in [0.3, 0.4) is 0 Å². The summed E-state index contributed by atoms with van der Waals surface area (Å²) in [4.78, 5) is 12.9. The largest absolute Gasteiger partial charge is 0.454 e. The molecular weight excluding hydrogens is 496 g/mol. The lowest BCUT2D eigenvalue weighted by Gasteiger charge is -2.44. The van der Waals surface area contributed by atoms with E-state index in [1.54, 1.807) is 20.8 Å². The quantitative estimate of drug-likeness (QED) is 0.345. The second-order valence-electron chi connectivity index (χ2n) is 10.7. The lowest BCUT2D eigenvalue weighted by Crippen LogP contribution is -2.62. The fourth-order valence-electron chi connectivity index (χ4n) is 4.25. The van der Waals surface area contributed by atoms with Crippen LogP contribution in [0, 0.1) is 5.41 Å². The van der Waals surface area contributed by atoms with Crippen LogP contribution < -0.4 is 0 Å². The van der Waals surface area contributed by atoms with Gasteiger partial charge in [-0.1, -0.05) is 91.0 Å². The number of carbonyl (C=O) groups is 1. The molecule has 0 radical (unpaired) electrons. The van der Waals surface area contributed by atoms with Gasteiger partial charge in [0.15, 0.2) is 12.4 Å². The van der Waals surface area contributed by atoms with Crippen molar-refractivity contribution in [3.63, 3.8) is 0 Å². The Labute approximate surface area is 230 Å². The van der Waals surface area contributed by atoms with Gasteiger partial charge in [0.1, 0.15) is 18.3 Å². The summed E-state index contributed by atoms with van der Waals surface area (Å²) in [7, 11) is 0. The highest BCUT2D eigenvalue weighted by Crippen LogP contribution is 2.31. The van der Waals surface area contributed by atoms with Gasteiger partial charge in [0.25, 0.3) is 0 Å². The van der Waals surface area contributed by atoms with Crippen LogP contribution in [-0.2, 0) is 48.3 Å². The average molecular weight is 535 g/mol. The molecule has 1 aliphatic heterocycles. The maximum atomic E-state index is 12.9. The Hall–Kier alpha value is -3.07. The lowest BCUT2D eigenvalue weighted by atomic mass is 9.95. The monoisotopic (exact) mass is 534 g/mol. The molecular formula is C32H38O7. The van der Waals surface area contributed by atoms with Gasteiger partial charge in [-0.2, -0.15) is 0 Å². The molecule has 0 saturated carbocycles. The Morgan fingerprint density at radius 2 is 1.18 bits per heavy atom. The number of rotatable bonds is 11. The smallest absolute Gasteiger partial charge is 0.311 e. The molecule has 1 saturated heterocycles. The predicted octanol–water partition coefficient (Wildman–Crippen LogP) is 5.05. The Kier molecular flexibility index (Phi) is 10.3. The molecule has 3 aromatic carbocycles. The average Bonchev–Trinajstić information content (AvgIpc) is 2.94. The summed E-state index contributed by atoms with van der Waals surface area (Å²) in [6.07, 6.45) is -4.68. The third kappa shape index (κ3) is 8.46. The van der Waals surface area contributed by atoms with E-state index in [1.165, 1.54) is 0 Å². The molecule has 1 aliphatic rings. The standard InChI is InChI=1S/C32H38O7/c1-32(2,3)31(34)39-29-28(37-21-25-17-11-6-12-18-25)27(36-20-24-15-9-5-10-16-24)26(38-30(29)33)22-35-19-23-13-7-4-8-14-23/h4-18,26-30,33H,19-22H2,1-3H3/t26-,27-,28+,29-,30?/m1/s1. The van der Waals surface area contributed by atoms with Crippen LogP contribution in [0.2, 0.25) is 0 Å². The zero-order valence-electron chi connectivity index (χ0n) is 22.8. The molecule has 7 heteroatoms. The minimum absolute atomic E-state index is 0.149. The summed E-state index contributed by atoms with van der Waals surface area (Å²) in [5, 5.41) is 11.1. The summed E-state index contributed by atoms with van der Waals surface area (Å²) >= 11 is 0. The van der Waals surface area contributed by atoms with Gasteiger partial charge >= 0.3 is 5.97 Å². The molecule has 4 rings (SSSR count). The van der Waals surface area contributed by atoms with Crippen LogP contribution in [0.4, 0.5) is 0 Å². The number of ether oxygens (including phenoxy) is 5. The van der Waals surface area contributed by atoms with Crippen LogP contribution in [0.1, 0.15) is 37.5 Å². The fraction of sp³-hybridized carbons (Fsp3) is 0.406. The SMILES string of the molecule is CC(C)(C)C(=O)O[C@H]1C(O)O[C@H](COCc2ccccc2)[C@@H](OCc2ccccc2)[C@@H]1OCc1ccccc1. The molecule has 0 aliphatic carbocycles. The van der Waals surface area contributed by atoms with E-state index in [-0.39, 0.29) is 19.8 Å². The van der Waals surface area contributed by atoms with Crippen molar-refractivity contribution in [3.8, 4) is 0 Å². The molecule has 5 atom stereocenters. The molecule has 0 amide bonds. The molecule has 7 nitrogen and oxygen atoms in total. The van der Waals surface area contributed by atoms with Crippen molar-refractivity contribution < 1.29 is 33.6 Å². The lowest BCUT2D eigenvalue weighted by molar-refractivity contribution is -0.311. The first-order valence-corrected chi connectivity index (χ1v) is 13.3. The van der Waals surface area contributed by atoms with Crippen molar-refractivity contribution in [1.29, 1.82) is 0 Å².